The highest BCUT2D eigenvalue weighted by Gasteiger charge is 2.18. The molecular weight excluding hydrogens is 444 g/mol. The van der Waals surface area contributed by atoms with Crippen LogP contribution in [0.15, 0.2) is 53.0 Å². The second-order valence-electron chi connectivity index (χ2n) is 7.08. The number of amides is 1. The molecule has 3 aromatic heterocycles. The van der Waals surface area contributed by atoms with Crippen molar-refractivity contribution in [2.75, 3.05) is 25.9 Å². The molecule has 4 rings (SSSR count). The van der Waals surface area contributed by atoms with Gasteiger partial charge in [0.1, 0.15) is 12.1 Å². The molecule has 0 saturated carbocycles. The number of anilines is 1. The summed E-state index contributed by atoms with van der Waals surface area (Å²) in [6.07, 6.45) is 5.40. The molecule has 0 fully saturated rings. The summed E-state index contributed by atoms with van der Waals surface area (Å²) >= 11 is 1.49. The lowest BCUT2D eigenvalue weighted by molar-refractivity contribution is -0.129. The van der Waals surface area contributed by atoms with Gasteiger partial charge in [0.15, 0.2) is 22.1 Å². The van der Waals surface area contributed by atoms with Crippen molar-refractivity contribution in [3.8, 4) is 16.9 Å². The molecule has 6 N–H and O–H groups in total. The number of hydrogen-bond donors (Lipinski definition) is 5. The Morgan fingerprint density at radius 3 is 2.94 bits per heavy atom. The van der Waals surface area contributed by atoms with Gasteiger partial charge >= 0.3 is 0 Å². The Balaban J connectivity index is 1.64. The monoisotopic (exact) mass is 468 g/mol. The van der Waals surface area contributed by atoms with Crippen molar-refractivity contribution in [3.63, 3.8) is 0 Å². The van der Waals surface area contributed by atoms with Gasteiger partial charge in [0.05, 0.1) is 7.11 Å². The summed E-state index contributed by atoms with van der Waals surface area (Å²) < 4.78 is 7.41. The van der Waals surface area contributed by atoms with E-state index in [0.29, 0.717) is 41.8 Å². The quantitative estimate of drug-likeness (QED) is 0.133. The van der Waals surface area contributed by atoms with Gasteiger partial charge < -0.3 is 25.3 Å². The fourth-order valence-electron chi connectivity index (χ4n) is 3.33. The number of nitrogens with zero attached hydrogens (tertiary/aromatic N) is 4. The fraction of sp³-hybridized carbons (Fsp3) is 0.238. The molecule has 0 aliphatic carbocycles. The molecule has 172 valence electrons. The van der Waals surface area contributed by atoms with Crippen molar-refractivity contribution in [3.05, 3.63) is 43.0 Å². The van der Waals surface area contributed by atoms with E-state index in [1.807, 2.05) is 41.2 Å². The van der Waals surface area contributed by atoms with Crippen molar-refractivity contribution in [2.45, 2.75) is 23.0 Å². The SMILES string of the molecule is COc1ccc(-c2cc[nH]c2)c(Sc2nc3c(N)ncnc3n2CCNCCC(=O)NO)c1. The maximum absolute atomic E-state index is 11.2. The molecule has 0 unspecified atom stereocenters. The van der Waals surface area contributed by atoms with E-state index in [1.165, 1.54) is 18.1 Å². The van der Waals surface area contributed by atoms with E-state index in [4.69, 9.17) is 20.7 Å². The number of ether oxygens (including phenoxy) is 1. The van der Waals surface area contributed by atoms with Crippen LogP contribution < -0.4 is 21.3 Å². The number of nitrogens with one attached hydrogen (secondary N) is 3. The van der Waals surface area contributed by atoms with E-state index >= 15 is 0 Å². The Bertz CT molecular complexity index is 1240. The van der Waals surface area contributed by atoms with Crippen molar-refractivity contribution >= 4 is 34.7 Å². The van der Waals surface area contributed by atoms with Crippen LogP contribution in [0.5, 0.6) is 5.75 Å². The number of benzene rings is 1. The van der Waals surface area contributed by atoms with Crippen LogP contribution in [-0.4, -0.2) is 55.8 Å². The zero-order valence-electron chi connectivity index (χ0n) is 17.9. The van der Waals surface area contributed by atoms with E-state index in [9.17, 15) is 4.79 Å². The molecular formula is C21H24N8O3S. The molecule has 0 radical (unpaired) electrons. The van der Waals surface area contributed by atoms with Gasteiger partial charge in [-0.05, 0) is 29.8 Å². The van der Waals surface area contributed by atoms with Crippen LogP contribution in [0.1, 0.15) is 6.42 Å². The molecule has 4 aromatic rings. The zero-order chi connectivity index (χ0) is 23.2. The Kier molecular flexibility index (Phi) is 7.07. The minimum atomic E-state index is -0.442. The van der Waals surface area contributed by atoms with E-state index in [-0.39, 0.29) is 6.42 Å². The highest BCUT2D eigenvalue weighted by atomic mass is 32.2. The highest BCUT2D eigenvalue weighted by Crippen LogP contribution is 2.39. The Hall–Kier alpha value is -3.61. The second-order valence-corrected chi connectivity index (χ2v) is 8.09. The van der Waals surface area contributed by atoms with E-state index in [1.54, 1.807) is 12.6 Å². The van der Waals surface area contributed by atoms with Crippen LogP contribution in [-0.2, 0) is 11.3 Å². The third kappa shape index (κ3) is 5.08. The first kappa shape index (κ1) is 22.6. The number of methoxy groups -OCH3 is 1. The van der Waals surface area contributed by atoms with Crippen LogP contribution in [0.4, 0.5) is 5.82 Å². The van der Waals surface area contributed by atoms with Crippen LogP contribution in [0.2, 0.25) is 0 Å². The topological polar surface area (TPSA) is 156 Å². The van der Waals surface area contributed by atoms with Crippen molar-refractivity contribution in [1.82, 2.24) is 35.3 Å². The van der Waals surface area contributed by atoms with Crippen LogP contribution in [0.3, 0.4) is 0 Å². The van der Waals surface area contributed by atoms with Gasteiger partial charge in [0, 0.05) is 48.9 Å². The molecule has 12 heteroatoms. The summed E-state index contributed by atoms with van der Waals surface area (Å²) in [7, 11) is 1.63. The number of nitrogens with two attached hydrogens (primary N) is 1. The Morgan fingerprint density at radius 2 is 2.18 bits per heavy atom. The normalized spacial score (nSPS) is 11.1. The van der Waals surface area contributed by atoms with Gasteiger partial charge in [-0.1, -0.05) is 11.8 Å². The molecule has 0 saturated heterocycles. The maximum Gasteiger partial charge on any atom is 0.244 e. The summed E-state index contributed by atoms with van der Waals surface area (Å²) in [6, 6.07) is 7.91. The van der Waals surface area contributed by atoms with Crippen molar-refractivity contribution in [2.24, 2.45) is 0 Å². The predicted molar refractivity (Wildman–Crippen MR) is 124 cm³/mol. The van der Waals surface area contributed by atoms with Gasteiger partial charge in [-0.3, -0.25) is 10.0 Å². The molecule has 3 heterocycles. The smallest absolute Gasteiger partial charge is 0.244 e. The number of nitrogen functional groups attached to an aromatic ring is 1. The molecule has 0 spiro atoms. The molecule has 0 atom stereocenters. The number of fused-ring (bicyclic) bond motifs is 1. The van der Waals surface area contributed by atoms with E-state index in [0.717, 1.165) is 21.8 Å². The molecule has 0 bridgehead atoms. The lowest BCUT2D eigenvalue weighted by Gasteiger charge is -2.12. The zero-order valence-corrected chi connectivity index (χ0v) is 18.7. The third-order valence-electron chi connectivity index (χ3n) is 4.99. The second kappa shape index (κ2) is 10.3. The number of hydroxylamine groups is 1. The number of hydrogen-bond acceptors (Lipinski definition) is 9. The maximum atomic E-state index is 11.2. The standard InChI is InChI=1S/C21H24N8O3S/c1-32-14-2-3-15(13-4-6-24-11-13)16(10-14)33-21-27-18-19(22)25-12-26-20(18)29(21)9-8-23-7-5-17(30)28-31/h2-4,6,10-12,23-24,31H,5,7-9H2,1H3,(H,28,30)(H2,22,25,26). The summed E-state index contributed by atoms with van der Waals surface area (Å²) in [4.78, 5) is 28.4. The number of H-pyrrole nitrogens is 1. The first-order valence-corrected chi connectivity index (χ1v) is 11.0. The Labute approximate surface area is 193 Å². The van der Waals surface area contributed by atoms with Crippen molar-refractivity contribution < 1.29 is 14.7 Å². The summed E-state index contributed by atoms with van der Waals surface area (Å²) in [5, 5.41) is 12.5. The lowest BCUT2D eigenvalue weighted by atomic mass is 10.1. The van der Waals surface area contributed by atoms with E-state index in [2.05, 4.69) is 20.3 Å². The van der Waals surface area contributed by atoms with Gasteiger partial charge in [0.2, 0.25) is 5.91 Å². The van der Waals surface area contributed by atoms with E-state index < -0.39 is 5.91 Å². The number of aromatic nitrogens is 5. The van der Waals surface area contributed by atoms with Crippen LogP contribution >= 0.6 is 11.8 Å². The van der Waals surface area contributed by atoms with Crippen LogP contribution in [0, 0.1) is 0 Å². The molecule has 1 aromatic carbocycles. The minimum Gasteiger partial charge on any atom is -0.497 e. The number of aromatic amines is 1. The molecule has 0 aliphatic rings. The largest absolute Gasteiger partial charge is 0.497 e. The molecule has 0 aliphatic heterocycles. The fourth-order valence-corrected chi connectivity index (χ4v) is 4.42. The minimum absolute atomic E-state index is 0.168. The first-order chi connectivity index (χ1) is 16.1. The van der Waals surface area contributed by atoms with Gasteiger partial charge in [-0.25, -0.2) is 20.4 Å². The number of imidazole rings is 1. The lowest BCUT2D eigenvalue weighted by Crippen LogP contribution is -2.27. The number of carbonyl (C=O) groups excluding carboxylic acids is 1. The highest BCUT2D eigenvalue weighted by molar-refractivity contribution is 7.99. The Morgan fingerprint density at radius 1 is 1.30 bits per heavy atom. The molecule has 33 heavy (non-hydrogen) atoms. The van der Waals surface area contributed by atoms with Gasteiger partial charge in [-0.2, -0.15) is 0 Å². The average Bonchev–Trinajstić information content (AvgIpc) is 3.48. The summed E-state index contributed by atoms with van der Waals surface area (Å²) in [5.41, 5.74) is 10.9. The summed E-state index contributed by atoms with van der Waals surface area (Å²) in [6.45, 7) is 1.52. The van der Waals surface area contributed by atoms with Gasteiger partial charge in [0.25, 0.3) is 0 Å². The average molecular weight is 469 g/mol. The van der Waals surface area contributed by atoms with Crippen LogP contribution in [0.25, 0.3) is 22.3 Å². The first-order valence-electron chi connectivity index (χ1n) is 10.2. The number of rotatable bonds is 10. The summed E-state index contributed by atoms with van der Waals surface area (Å²) in [5.74, 6) is 0.606. The van der Waals surface area contributed by atoms with Crippen molar-refractivity contribution in [1.29, 1.82) is 0 Å². The third-order valence-corrected chi connectivity index (χ3v) is 6.04. The van der Waals surface area contributed by atoms with Gasteiger partial charge in [-0.15, -0.1) is 0 Å². The molecule has 1 amide bonds. The number of carbonyl (C=O) groups is 1. The molecule has 11 nitrogen and oxygen atoms in total. The predicted octanol–water partition coefficient (Wildman–Crippen LogP) is 2.05.